The number of ether oxygens (including phenoxy) is 1. The summed E-state index contributed by atoms with van der Waals surface area (Å²) in [6.45, 7) is 0.0983. The average Bonchev–Trinajstić information content (AvgIpc) is 2.60. The first-order valence-electron chi connectivity index (χ1n) is 6.90. The topological polar surface area (TPSA) is 72.9 Å². The summed E-state index contributed by atoms with van der Waals surface area (Å²) in [5.41, 5.74) is 0.960. The van der Waals surface area contributed by atoms with Crippen LogP contribution in [0.3, 0.4) is 0 Å². The quantitative estimate of drug-likeness (QED) is 0.537. The van der Waals surface area contributed by atoms with Crippen LogP contribution in [0.2, 0.25) is 0 Å². The number of esters is 1. The van der Waals surface area contributed by atoms with Crippen LogP contribution in [0.25, 0.3) is 0 Å². The van der Waals surface area contributed by atoms with Crippen molar-refractivity contribution in [3.05, 3.63) is 64.1 Å². The second kappa shape index (κ2) is 7.89. The lowest BCUT2D eigenvalue weighted by molar-refractivity contribution is -0.0258. The van der Waals surface area contributed by atoms with Crippen LogP contribution in [0.15, 0.2) is 57.9 Å². The van der Waals surface area contributed by atoms with Crippen molar-refractivity contribution in [2.24, 2.45) is 0 Å². The molecule has 0 heterocycles. The predicted octanol–water partition coefficient (Wildman–Crippen LogP) is 2.99. The molecule has 0 unspecified atom stereocenters. The van der Waals surface area contributed by atoms with Crippen LogP contribution in [0, 0.1) is 0 Å². The molecule has 0 bridgehead atoms. The Morgan fingerprint density at radius 3 is 2.46 bits per heavy atom. The number of nitrogens with zero attached hydrogens (tertiary/aromatic N) is 1. The number of benzene rings is 2. The van der Waals surface area contributed by atoms with Gasteiger partial charge in [0.15, 0.2) is 0 Å². The van der Waals surface area contributed by atoms with E-state index in [-0.39, 0.29) is 17.1 Å². The van der Waals surface area contributed by atoms with Gasteiger partial charge in [0, 0.05) is 11.5 Å². The highest BCUT2D eigenvalue weighted by molar-refractivity contribution is 9.10. The number of sulfonamides is 1. The van der Waals surface area contributed by atoms with Crippen molar-refractivity contribution in [1.82, 2.24) is 4.47 Å². The summed E-state index contributed by atoms with van der Waals surface area (Å²) >= 11 is 3.24. The lowest BCUT2D eigenvalue weighted by atomic mass is 10.2. The van der Waals surface area contributed by atoms with E-state index in [0.29, 0.717) is 4.47 Å². The Labute approximate surface area is 149 Å². The standard InChI is InChI=1S/C16H16BrNO5S/c1-18(22-2)24(20,21)13-8-9-15(17)14(10-13)16(19)23-11-12-6-4-3-5-7-12/h3-10H,11H2,1-2H3. The fourth-order valence-corrected chi connectivity index (χ4v) is 3.28. The number of carbonyl (C=O) groups excluding carboxylic acids is 1. The maximum Gasteiger partial charge on any atom is 0.339 e. The van der Waals surface area contributed by atoms with E-state index in [0.717, 1.165) is 10.0 Å². The van der Waals surface area contributed by atoms with E-state index in [1.54, 1.807) is 0 Å². The highest BCUT2D eigenvalue weighted by Gasteiger charge is 2.23. The number of rotatable bonds is 6. The molecule has 0 aliphatic heterocycles. The molecule has 8 heteroatoms. The fourth-order valence-electron chi connectivity index (χ4n) is 1.87. The van der Waals surface area contributed by atoms with Gasteiger partial charge in [-0.3, -0.25) is 4.84 Å². The summed E-state index contributed by atoms with van der Waals surface area (Å²) in [6.07, 6.45) is 0. The Morgan fingerprint density at radius 1 is 1.17 bits per heavy atom. The van der Waals surface area contributed by atoms with E-state index in [4.69, 9.17) is 9.57 Å². The molecule has 24 heavy (non-hydrogen) atoms. The zero-order valence-electron chi connectivity index (χ0n) is 13.1. The molecule has 0 fully saturated rings. The van der Waals surface area contributed by atoms with E-state index >= 15 is 0 Å². The van der Waals surface area contributed by atoms with Crippen LogP contribution >= 0.6 is 15.9 Å². The monoisotopic (exact) mass is 413 g/mol. The van der Waals surface area contributed by atoms with Crippen LogP contribution < -0.4 is 0 Å². The average molecular weight is 414 g/mol. The molecule has 6 nitrogen and oxygen atoms in total. The molecular weight excluding hydrogens is 398 g/mol. The number of carbonyl (C=O) groups is 1. The third-order valence-corrected chi connectivity index (χ3v) is 5.63. The Hall–Kier alpha value is -1.74. The minimum Gasteiger partial charge on any atom is -0.457 e. The van der Waals surface area contributed by atoms with Gasteiger partial charge < -0.3 is 4.74 Å². The lowest BCUT2D eigenvalue weighted by Crippen LogP contribution is -2.26. The van der Waals surface area contributed by atoms with Crippen LogP contribution in [0.1, 0.15) is 15.9 Å². The number of hydroxylamine groups is 1. The van der Waals surface area contributed by atoms with Crippen LogP contribution in [0.5, 0.6) is 0 Å². The van der Waals surface area contributed by atoms with Gasteiger partial charge in [-0.2, -0.15) is 0 Å². The first-order chi connectivity index (χ1) is 11.4. The van der Waals surface area contributed by atoms with Crippen molar-refractivity contribution in [3.63, 3.8) is 0 Å². The number of halogens is 1. The highest BCUT2D eigenvalue weighted by Crippen LogP contribution is 2.24. The van der Waals surface area contributed by atoms with Crippen molar-refractivity contribution in [2.45, 2.75) is 11.5 Å². The Kier molecular flexibility index (Phi) is 6.11. The van der Waals surface area contributed by atoms with Gasteiger partial charge >= 0.3 is 5.97 Å². The summed E-state index contributed by atoms with van der Waals surface area (Å²) in [5, 5.41) is 0. The molecule has 0 saturated carbocycles. The molecule has 2 aromatic carbocycles. The van der Waals surface area contributed by atoms with Gasteiger partial charge in [-0.05, 0) is 39.7 Å². The molecule has 0 atom stereocenters. The van der Waals surface area contributed by atoms with Crippen molar-refractivity contribution >= 4 is 31.9 Å². The predicted molar refractivity (Wildman–Crippen MR) is 91.7 cm³/mol. The van der Waals surface area contributed by atoms with E-state index in [1.807, 2.05) is 30.3 Å². The van der Waals surface area contributed by atoms with Crippen LogP contribution in [0.4, 0.5) is 0 Å². The van der Waals surface area contributed by atoms with Gasteiger partial charge in [0.1, 0.15) is 6.61 Å². The summed E-state index contributed by atoms with van der Waals surface area (Å²) in [4.78, 5) is 16.9. The zero-order valence-corrected chi connectivity index (χ0v) is 15.5. The van der Waals surface area contributed by atoms with Gasteiger partial charge in [0.2, 0.25) is 0 Å². The van der Waals surface area contributed by atoms with Gasteiger partial charge in [-0.15, -0.1) is 0 Å². The SMILES string of the molecule is CON(C)S(=O)(=O)c1ccc(Br)c(C(=O)OCc2ccccc2)c1. The summed E-state index contributed by atoms with van der Waals surface area (Å²) in [5.74, 6) is -0.622. The lowest BCUT2D eigenvalue weighted by Gasteiger charge is -2.15. The smallest absolute Gasteiger partial charge is 0.339 e. The Morgan fingerprint density at radius 2 is 1.83 bits per heavy atom. The maximum atomic E-state index is 12.3. The van der Waals surface area contributed by atoms with Crippen LogP contribution in [-0.4, -0.2) is 33.0 Å². The third kappa shape index (κ3) is 4.21. The van der Waals surface area contributed by atoms with Crippen molar-refractivity contribution in [3.8, 4) is 0 Å². The summed E-state index contributed by atoms with van der Waals surface area (Å²) in [7, 11) is -1.34. The van der Waals surface area contributed by atoms with Gasteiger partial charge in [0.25, 0.3) is 10.0 Å². The first kappa shape index (κ1) is 18.6. The molecule has 0 saturated heterocycles. The first-order valence-corrected chi connectivity index (χ1v) is 9.13. The Balaban J connectivity index is 2.24. The normalized spacial score (nSPS) is 11.5. The minimum absolute atomic E-state index is 0.0679. The van der Waals surface area contributed by atoms with E-state index in [1.165, 1.54) is 32.4 Å². The van der Waals surface area contributed by atoms with Crippen molar-refractivity contribution in [1.29, 1.82) is 0 Å². The maximum absolute atomic E-state index is 12.3. The number of hydrogen-bond donors (Lipinski definition) is 0. The molecule has 0 radical (unpaired) electrons. The molecule has 0 aliphatic carbocycles. The van der Waals surface area contributed by atoms with E-state index in [9.17, 15) is 13.2 Å². The molecule has 0 aliphatic rings. The number of hydrogen-bond acceptors (Lipinski definition) is 5. The molecule has 0 N–H and O–H groups in total. The highest BCUT2D eigenvalue weighted by atomic mass is 79.9. The summed E-state index contributed by atoms with van der Waals surface area (Å²) in [6, 6.07) is 13.3. The molecule has 0 spiro atoms. The molecule has 0 amide bonds. The van der Waals surface area contributed by atoms with Gasteiger partial charge in [-0.25, -0.2) is 13.2 Å². The van der Waals surface area contributed by atoms with Crippen LogP contribution in [-0.2, 0) is 26.2 Å². The second-order valence-corrected chi connectivity index (χ2v) is 7.59. The van der Waals surface area contributed by atoms with E-state index in [2.05, 4.69) is 15.9 Å². The molecular formula is C16H16BrNO5S. The largest absolute Gasteiger partial charge is 0.457 e. The fraction of sp³-hybridized carbons (Fsp3) is 0.188. The second-order valence-electron chi connectivity index (χ2n) is 4.80. The van der Waals surface area contributed by atoms with Crippen molar-refractivity contribution < 1.29 is 22.8 Å². The van der Waals surface area contributed by atoms with E-state index < -0.39 is 16.0 Å². The van der Waals surface area contributed by atoms with Crippen molar-refractivity contribution in [2.75, 3.05) is 14.2 Å². The molecule has 2 aromatic rings. The molecule has 0 aromatic heterocycles. The molecule has 128 valence electrons. The van der Waals surface area contributed by atoms with Gasteiger partial charge in [0.05, 0.1) is 17.6 Å². The Bertz CT molecular complexity index is 824. The molecule has 2 rings (SSSR count). The van der Waals surface area contributed by atoms with Gasteiger partial charge in [-0.1, -0.05) is 34.8 Å². The minimum atomic E-state index is -3.85. The zero-order chi connectivity index (χ0) is 17.7. The third-order valence-electron chi connectivity index (χ3n) is 3.26. The summed E-state index contributed by atoms with van der Waals surface area (Å²) < 4.78 is 30.9.